The molecule has 210 valence electrons. The Morgan fingerprint density at radius 3 is 2.18 bits per heavy atom. The molecule has 0 atom stereocenters. The van der Waals surface area contributed by atoms with E-state index in [2.05, 4.69) is 21.9 Å². The van der Waals surface area contributed by atoms with Crippen molar-refractivity contribution in [2.75, 3.05) is 37.2 Å². The van der Waals surface area contributed by atoms with Crippen LogP contribution in [0, 0.1) is 0 Å². The highest BCUT2D eigenvalue weighted by atomic mass is 32.2. The molecule has 0 unspecified atom stereocenters. The van der Waals surface area contributed by atoms with Gasteiger partial charge in [0.05, 0.1) is 18.4 Å². The first-order valence-electron chi connectivity index (χ1n) is 13.2. The van der Waals surface area contributed by atoms with Crippen molar-refractivity contribution in [1.29, 1.82) is 0 Å². The van der Waals surface area contributed by atoms with Gasteiger partial charge in [-0.25, -0.2) is 13.2 Å². The summed E-state index contributed by atoms with van der Waals surface area (Å²) in [6.45, 7) is 9.16. The Kier molecular flexibility index (Phi) is 10.4. The van der Waals surface area contributed by atoms with Gasteiger partial charge in [-0.3, -0.25) is 9.62 Å². The van der Waals surface area contributed by atoms with Crippen molar-refractivity contribution in [3.8, 4) is 11.5 Å². The second-order valence-corrected chi connectivity index (χ2v) is 12.5. The molecular weight excluding hydrogens is 504 g/mol. The standard InChI is InChI=1S/C28H42N4O5S/c1-5-6-17-32(21-28(2,3)34)27(33)29-23-15-18-31(19-16-23)20-22-7-11-25(12-8-22)37-26-13-9-24(10-14-26)30-38(4,35)36/h7-14,23,30,34H,5-6,15-21H2,1-4H3,(H,29,33). The van der Waals surface area contributed by atoms with Crippen LogP contribution < -0.4 is 14.8 Å². The van der Waals surface area contributed by atoms with Gasteiger partial charge in [0, 0.05) is 37.9 Å². The van der Waals surface area contributed by atoms with Crippen LogP contribution in [0.5, 0.6) is 11.5 Å². The number of likely N-dealkylation sites (tertiary alicyclic amines) is 1. The molecule has 1 aliphatic rings. The molecular formula is C28H42N4O5S. The lowest BCUT2D eigenvalue weighted by Crippen LogP contribution is -2.52. The Morgan fingerprint density at radius 2 is 1.66 bits per heavy atom. The highest BCUT2D eigenvalue weighted by Gasteiger charge is 2.26. The predicted molar refractivity (Wildman–Crippen MR) is 151 cm³/mol. The molecule has 1 aliphatic heterocycles. The summed E-state index contributed by atoms with van der Waals surface area (Å²) in [7, 11) is -3.31. The number of sulfonamides is 1. The second-order valence-electron chi connectivity index (χ2n) is 10.7. The van der Waals surface area contributed by atoms with Crippen molar-refractivity contribution >= 4 is 21.7 Å². The summed E-state index contributed by atoms with van der Waals surface area (Å²) < 4.78 is 31.0. The van der Waals surface area contributed by atoms with Gasteiger partial charge >= 0.3 is 6.03 Å². The summed E-state index contributed by atoms with van der Waals surface area (Å²) in [6.07, 6.45) is 4.81. The molecule has 0 aliphatic carbocycles. The zero-order valence-electron chi connectivity index (χ0n) is 22.9. The van der Waals surface area contributed by atoms with Gasteiger partial charge in [-0.2, -0.15) is 0 Å². The Labute approximate surface area is 227 Å². The van der Waals surface area contributed by atoms with Crippen molar-refractivity contribution in [3.05, 3.63) is 54.1 Å². The molecule has 0 aromatic heterocycles. The summed E-state index contributed by atoms with van der Waals surface area (Å²) in [4.78, 5) is 17.0. The van der Waals surface area contributed by atoms with Crippen molar-refractivity contribution in [2.24, 2.45) is 0 Å². The number of carbonyl (C=O) groups excluding carboxylic acids is 1. The van der Waals surface area contributed by atoms with Crippen LogP contribution in [0.4, 0.5) is 10.5 Å². The number of carbonyl (C=O) groups is 1. The van der Waals surface area contributed by atoms with E-state index in [0.29, 0.717) is 30.3 Å². The number of urea groups is 1. The highest BCUT2D eigenvalue weighted by Crippen LogP contribution is 2.24. The third kappa shape index (κ3) is 10.5. The molecule has 1 heterocycles. The highest BCUT2D eigenvalue weighted by molar-refractivity contribution is 7.92. The second kappa shape index (κ2) is 13.3. The smallest absolute Gasteiger partial charge is 0.317 e. The summed E-state index contributed by atoms with van der Waals surface area (Å²) in [5.41, 5.74) is 0.752. The molecule has 2 aromatic rings. The number of ether oxygens (including phenoxy) is 1. The zero-order chi connectivity index (χ0) is 27.8. The third-order valence-corrected chi connectivity index (χ3v) is 6.89. The minimum absolute atomic E-state index is 0.0871. The molecule has 10 heteroatoms. The molecule has 2 amide bonds. The zero-order valence-corrected chi connectivity index (χ0v) is 23.8. The monoisotopic (exact) mass is 546 g/mol. The SMILES string of the molecule is CCCCN(CC(C)(C)O)C(=O)NC1CCN(Cc2ccc(Oc3ccc(NS(C)(=O)=O)cc3)cc2)CC1. The molecule has 0 bridgehead atoms. The fourth-order valence-electron chi connectivity index (χ4n) is 4.43. The van der Waals surface area contributed by atoms with E-state index in [0.717, 1.165) is 51.6 Å². The first kappa shape index (κ1) is 29.7. The van der Waals surface area contributed by atoms with Gasteiger partial charge in [0.1, 0.15) is 11.5 Å². The summed E-state index contributed by atoms with van der Waals surface area (Å²) in [5, 5.41) is 13.4. The lowest BCUT2D eigenvalue weighted by atomic mass is 10.0. The van der Waals surface area contributed by atoms with Crippen molar-refractivity contribution in [2.45, 2.75) is 64.6 Å². The Balaban J connectivity index is 1.44. The summed E-state index contributed by atoms with van der Waals surface area (Å²) in [5.74, 6) is 1.33. The molecule has 0 spiro atoms. The Bertz CT molecular complexity index is 1120. The van der Waals surface area contributed by atoms with Crippen LogP contribution in [0.2, 0.25) is 0 Å². The number of rotatable bonds is 12. The van der Waals surface area contributed by atoms with E-state index in [-0.39, 0.29) is 12.1 Å². The van der Waals surface area contributed by atoms with Gasteiger partial charge in [-0.05, 0) is 75.1 Å². The van der Waals surface area contributed by atoms with Crippen LogP contribution >= 0.6 is 0 Å². The number of nitrogens with zero attached hydrogens (tertiary/aromatic N) is 2. The predicted octanol–water partition coefficient (Wildman–Crippen LogP) is 4.40. The molecule has 0 saturated carbocycles. The summed E-state index contributed by atoms with van der Waals surface area (Å²) >= 11 is 0. The van der Waals surface area contributed by atoms with Crippen LogP contribution in [-0.4, -0.2) is 73.4 Å². The maximum absolute atomic E-state index is 12.9. The van der Waals surface area contributed by atoms with Crippen molar-refractivity contribution in [1.82, 2.24) is 15.1 Å². The topological polar surface area (TPSA) is 111 Å². The quantitative estimate of drug-likeness (QED) is 0.364. The lowest BCUT2D eigenvalue weighted by molar-refractivity contribution is 0.0453. The number of piperidine rings is 1. The average molecular weight is 547 g/mol. The number of hydrogen-bond donors (Lipinski definition) is 3. The van der Waals surface area contributed by atoms with E-state index in [1.54, 1.807) is 43.0 Å². The average Bonchev–Trinajstić information content (AvgIpc) is 2.84. The Morgan fingerprint density at radius 1 is 1.08 bits per heavy atom. The molecule has 2 aromatic carbocycles. The maximum Gasteiger partial charge on any atom is 0.317 e. The molecule has 3 rings (SSSR count). The van der Waals surface area contributed by atoms with Crippen LogP contribution in [0.25, 0.3) is 0 Å². The lowest BCUT2D eigenvalue weighted by Gasteiger charge is -2.35. The number of benzene rings is 2. The molecule has 1 fully saturated rings. The van der Waals surface area contributed by atoms with Crippen LogP contribution in [-0.2, 0) is 16.6 Å². The number of unbranched alkanes of at least 4 members (excludes halogenated alkanes) is 1. The van der Waals surface area contributed by atoms with Crippen molar-refractivity contribution < 1.29 is 23.1 Å². The van der Waals surface area contributed by atoms with E-state index in [9.17, 15) is 18.3 Å². The van der Waals surface area contributed by atoms with E-state index in [4.69, 9.17) is 4.74 Å². The van der Waals surface area contributed by atoms with Gasteiger partial charge < -0.3 is 20.1 Å². The Hall–Kier alpha value is -2.82. The van der Waals surface area contributed by atoms with E-state index in [1.807, 2.05) is 24.3 Å². The fourth-order valence-corrected chi connectivity index (χ4v) is 5.00. The van der Waals surface area contributed by atoms with Gasteiger partial charge in [0.25, 0.3) is 0 Å². The number of amides is 2. The minimum Gasteiger partial charge on any atom is -0.457 e. The molecule has 9 nitrogen and oxygen atoms in total. The number of hydrogen-bond acceptors (Lipinski definition) is 6. The van der Waals surface area contributed by atoms with Gasteiger partial charge in [0.2, 0.25) is 10.0 Å². The van der Waals surface area contributed by atoms with Gasteiger partial charge in [0.15, 0.2) is 0 Å². The normalized spacial score (nSPS) is 15.2. The first-order valence-corrected chi connectivity index (χ1v) is 15.1. The molecule has 38 heavy (non-hydrogen) atoms. The molecule has 0 radical (unpaired) electrons. The van der Waals surface area contributed by atoms with Crippen LogP contribution in [0.1, 0.15) is 52.0 Å². The third-order valence-electron chi connectivity index (χ3n) is 6.28. The largest absolute Gasteiger partial charge is 0.457 e. The van der Waals surface area contributed by atoms with E-state index in [1.165, 1.54) is 5.56 Å². The maximum atomic E-state index is 12.9. The van der Waals surface area contributed by atoms with Gasteiger partial charge in [-0.15, -0.1) is 0 Å². The van der Waals surface area contributed by atoms with Crippen LogP contribution in [0.15, 0.2) is 48.5 Å². The summed E-state index contributed by atoms with van der Waals surface area (Å²) in [6, 6.07) is 14.8. The first-order chi connectivity index (χ1) is 17.9. The molecule has 3 N–H and O–H groups in total. The number of nitrogens with one attached hydrogen (secondary N) is 2. The van der Waals surface area contributed by atoms with Crippen molar-refractivity contribution in [3.63, 3.8) is 0 Å². The van der Waals surface area contributed by atoms with Crippen LogP contribution in [0.3, 0.4) is 0 Å². The number of aliphatic hydroxyl groups is 1. The molecule has 1 saturated heterocycles. The minimum atomic E-state index is -3.31. The fraction of sp³-hybridized carbons (Fsp3) is 0.536. The van der Waals surface area contributed by atoms with E-state index < -0.39 is 15.6 Å². The van der Waals surface area contributed by atoms with E-state index >= 15 is 0 Å². The van der Waals surface area contributed by atoms with Gasteiger partial charge in [-0.1, -0.05) is 25.5 Å². The number of anilines is 1.